The fourth-order valence-electron chi connectivity index (χ4n) is 2.65. The molecule has 0 spiro atoms. The standard InChI is InChI=1S/C15H26F3N3O2.ClH/c16-15(17,18)14(23)21-9-6-12(7-10-21)11-20-13(22)5-3-1-2-4-8-19;/h12H,1-11,19H2,(H,20,22);1H. The van der Waals surface area contributed by atoms with Gasteiger partial charge in [-0.3, -0.25) is 9.59 Å². The third-order valence-corrected chi connectivity index (χ3v) is 4.09. The number of carbonyl (C=O) groups excluding carboxylic acids is 2. The molecule has 1 saturated heterocycles. The number of alkyl halides is 3. The highest BCUT2D eigenvalue weighted by Gasteiger charge is 2.43. The van der Waals surface area contributed by atoms with E-state index in [4.69, 9.17) is 5.73 Å². The van der Waals surface area contributed by atoms with Gasteiger partial charge in [-0.05, 0) is 38.1 Å². The number of unbranched alkanes of at least 4 members (excludes halogenated alkanes) is 3. The molecule has 24 heavy (non-hydrogen) atoms. The molecule has 1 heterocycles. The first-order valence-electron chi connectivity index (χ1n) is 8.17. The van der Waals surface area contributed by atoms with Gasteiger partial charge in [0, 0.05) is 26.1 Å². The minimum Gasteiger partial charge on any atom is -0.356 e. The number of carbonyl (C=O) groups is 2. The van der Waals surface area contributed by atoms with Gasteiger partial charge >= 0.3 is 12.1 Å². The molecule has 0 aromatic heterocycles. The number of hydrogen-bond acceptors (Lipinski definition) is 3. The Morgan fingerprint density at radius 2 is 1.67 bits per heavy atom. The minimum atomic E-state index is -4.80. The number of likely N-dealkylation sites (tertiary alicyclic amines) is 1. The Morgan fingerprint density at radius 1 is 1.08 bits per heavy atom. The van der Waals surface area contributed by atoms with Crippen LogP contribution in [-0.2, 0) is 9.59 Å². The Morgan fingerprint density at radius 3 is 2.21 bits per heavy atom. The maximum absolute atomic E-state index is 12.3. The monoisotopic (exact) mass is 373 g/mol. The summed E-state index contributed by atoms with van der Waals surface area (Å²) < 4.78 is 37.0. The van der Waals surface area contributed by atoms with Crippen LogP contribution < -0.4 is 11.1 Å². The lowest BCUT2D eigenvalue weighted by Crippen LogP contribution is -2.46. The highest BCUT2D eigenvalue weighted by atomic mass is 35.5. The van der Waals surface area contributed by atoms with Crippen molar-refractivity contribution in [3.05, 3.63) is 0 Å². The molecule has 0 saturated carbocycles. The summed E-state index contributed by atoms with van der Waals surface area (Å²) in [5.74, 6) is -1.66. The number of piperidine rings is 1. The Balaban J connectivity index is 0.00000529. The van der Waals surface area contributed by atoms with Crippen LogP contribution in [0.15, 0.2) is 0 Å². The van der Waals surface area contributed by atoms with Crippen molar-refractivity contribution in [2.24, 2.45) is 11.7 Å². The van der Waals surface area contributed by atoms with E-state index < -0.39 is 12.1 Å². The van der Waals surface area contributed by atoms with E-state index in [0.29, 0.717) is 32.4 Å². The summed E-state index contributed by atoms with van der Waals surface area (Å²) in [6.07, 6.45) is 0.428. The maximum atomic E-state index is 12.3. The number of nitrogens with zero attached hydrogens (tertiary/aromatic N) is 1. The zero-order chi connectivity index (χ0) is 17.3. The minimum absolute atomic E-state index is 0. The van der Waals surface area contributed by atoms with Crippen molar-refractivity contribution in [3.8, 4) is 0 Å². The predicted molar refractivity (Wildman–Crippen MR) is 87.8 cm³/mol. The Labute approximate surface area is 146 Å². The molecule has 0 bridgehead atoms. The van der Waals surface area contributed by atoms with Gasteiger partial charge in [0.05, 0.1) is 0 Å². The molecule has 2 amide bonds. The topological polar surface area (TPSA) is 75.4 Å². The SMILES string of the molecule is Cl.NCCCCCCC(=O)NCC1CCN(C(=O)C(F)(F)F)CC1. The third kappa shape index (κ3) is 8.73. The number of rotatable bonds is 8. The average Bonchev–Trinajstić information content (AvgIpc) is 2.51. The Bertz CT molecular complexity index is 387. The summed E-state index contributed by atoms with van der Waals surface area (Å²) in [6.45, 7) is 1.33. The summed E-state index contributed by atoms with van der Waals surface area (Å²) in [7, 11) is 0. The fraction of sp³-hybridized carbons (Fsp3) is 0.867. The summed E-state index contributed by atoms with van der Waals surface area (Å²) in [4.78, 5) is 23.6. The van der Waals surface area contributed by atoms with Crippen LogP contribution in [0.25, 0.3) is 0 Å². The van der Waals surface area contributed by atoms with Crippen LogP contribution in [0.4, 0.5) is 13.2 Å². The van der Waals surface area contributed by atoms with E-state index in [1.54, 1.807) is 0 Å². The van der Waals surface area contributed by atoms with Crippen molar-refractivity contribution in [3.63, 3.8) is 0 Å². The predicted octanol–water partition coefficient (Wildman–Crippen LogP) is 2.23. The highest BCUT2D eigenvalue weighted by Crippen LogP contribution is 2.23. The normalized spacial score (nSPS) is 15.8. The van der Waals surface area contributed by atoms with E-state index in [1.165, 1.54) is 0 Å². The van der Waals surface area contributed by atoms with Crippen molar-refractivity contribution in [2.45, 2.75) is 51.1 Å². The lowest BCUT2D eigenvalue weighted by Gasteiger charge is -2.32. The molecule has 3 N–H and O–H groups in total. The third-order valence-electron chi connectivity index (χ3n) is 4.09. The first-order valence-corrected chi connectivity index (χ1v) is 8.17. The molecule has 0 aliphatic carbocycles. The Kier molecular flexibility index (Phi) is 11.0. The summed E-state index contributed by atoms with van der Waals surface area (Å²) in [5, 5.41) is 2.83. The van der Waals surface area contributed by atoms with Gasteiger partial charge < -0.3 is 16.0 Å². The second kappa shape index (κ2) is 11.5. The first-order chi connectivity index (χ1) is 10.8. The molecule has 0 unspecified atom stereocenters. The van der Waals surface area contributed by atoms with Crippen LogP contribution in [0.2, 0.25) is 0 Å². The second-order valence-corrected chi connectivity index (χ2v) is 5.99. The fourth-order valence-corrected chi connectivity index (χ4v) is 2.65. The second-order valence-electron chi connectivity index (χ2n) is 5.99. The van der Waals surface area contributed by atoms with Gasteiger partial charge in [-0.2, -0.15) is 13.2 Å². The van der Waals surface area contributed by atoms with Crippen molar-refractivity contribution < 1.29 is 22.8 Å². The number of halogens is 4. The van der Waals surface area contributed by atoms with Crippen LogP contribution in [0, 0.1) is 5.92 Å². The van der Waals surface area contributed by atoms with Gasteiger partial charge in [0.15, 0.2) is 0 Å². The van der Waals surface area contributed by atoms with E-state index in [-0.39, 0.29) is 37.3 Å². The average molecular weight is 374 g/mol. The van der Waals surface area contributed by atoms with Crippen LogP contribution in [0.3, 0.4) is 0 Å². The lowest BCUT2D eigenvalue weighted by molar-refractivity contribution is -0.186. The highest BCUT2D eigenvalue weighted by molar-refractivity contribution is 5.85. The summed E-state index contributed by atoms with van der Waals surface area (Å²) in [5.41, 5.74) is 5.39. The van der Waals surface area contributed by atoms with Gasteiger partial charge in [0.25, 0.3) is 0 Å². The number of hydrogen-bond donors (Lipinski definition) is 2. The maximum Gasteiger partial charge on any atom is 0.471 e. The smallest absolute Gasteiger partial charge is 0.356 e. The van der Waals surface area contributed by atoms with Crippen molar-refractivity contribution in [1.82, 2.24) is 10.2 Å². The van der Waals surface area contributed by atoms with Gasteiger partial charge in [-0.25, -0.2) is 0 Å². The van der Waals surface area contributed by atoms with Gasteiger partial charge in [0.1, 0.15) is 0 Å². The van der Waals surface area contributed by atoms with Gasteiger partial charge in [0.2, 0.25) is 5.91 Å². The van der Waals surface area contributed by atoms with E-state index in [9.17, 15) is 22.8 Å². The van der Waals surface area contributed by atoms with Crippen molar-refractivity contribution in [1.29, 1.82) is 0 Å². The van der Waals surface area contributed by atoms with Crippen LogP contribution >= 0.6 is 12.4 Å². The van der Waals surface area contributed by atoms with E-state index in [0.717, 1.165) is 30.6 Å². The molecule has 0 atom stereocenters. The first kappa shape index (κ1) is 23.0. The van der Waals surface area contributed by atoms with Crippen LogP contribution in [-0.4, -0.2) is 49.1 Å². The number of amides is 2. The number of nitrogens with two attached hydrogens (primary N) is 1. The zero-order valence-corrected chi connectivity index (χ0v) is 14.6. The molecular weight excluding hydrogens is 347 g/mol. The lowest BCUT2D eigenvalue weighted by atomic mass is 9.96. The van der Waals surface area contributed by atoms with E-state index in [1.807, 2.05) is 0 Å². The zero-order valence-electron chi connectivity index (χ0n) is 13.7. The molecule has 142 valence electrons. The quantitative estimate of drug-likeness (QED) is 0.641. The molecule has 5 nitrogen and oxygen atoms in total. The van der Waals surface area contributed by atoms with Crippen molar-refractivity contribution in [2.75, 3.05) is 26.2 Å². The largest absolute Gasteiger partial charge is 0.471 e. The molecule has 1 aliphatic heterocycles. The molecular formula is C15H27ClF3N3O2. The molecule has 1 rings (SSSR count). The van der Waals surface area contributed by atoms with E-state index in [2.05, 4.69) is 5.32 Å². The number of nitrogens with one attached hydrogen (secondary N) is 1. The van der Waals surface area contributed by atoms with Gasteiger partial charge in [-0.1, -0.05) is 12.8 Å². The molecule has 1 fully saturated rings. The summed E-state index contributed by atoms with van der Waals surface area (Å²) >= 11 is 0. The molecule has 0 radical (unpaired) electrons. The molecule has 9 heteroatoms. The summed E-state index contributed by atoms with van der Waals surface area (Å²) in [6, 6.07) is 0. The van der Waals surface area contributed by atoms with Crippen LogP contribution in [0.5, 0.6) is 0 Å². The van der Waals surface area contributed by atoms with E-state index >= 15 is 0 Å². The Hall–Kier alpha value is -1.02. The molecule has 0 aromatic rings. The molecule has 0 aromatic carbocycles. The molecule has 1 aliphatic rings. The van der Waals surface area contributed by atoms with Gasteiger partial charge in [-0.15, -0.1) is 12.4 Å². The van der Waals surface area contributed by atoms with Crippen LogP contribution in [0.1, 0.15) is 44.9 Å². The van der Waals surface area contributed by atoms with Crippen molar-refractivity contribution >= 4 is 24.2 Å².